The number of carbonyl (C=O) groups is 5. The van der Waals surface area contributed by atoms with Crippen molar-refractivity contribution in [3.05, 3.63) is 99.1 Å². The van der Waals surface area contributed by atoms with Crippen LogP contribution in [0.4, 0.5) is 0 Å². The molecule has 3 aromatic rings. The Morgan fingerprint density at radius 3 is 2.34 bits per heavy atom. The zero-order chi connectivity index (χ0) is 43.2. The molecule has 5 aliphatic rings. The third kappa shape index (κ3) is 8.31. The van der Waals surface area contributed by atoms with Crippen molar-refractivity contribution >= 4 is 41.1 Å². The maximum Gasteiger partial charge on any atom is 0.262 e. The van der Waals surface area contributed by atoms with Crippen molar-refractivity contribution < 1.29 is 28.7 Å². The van der Waals surface area contributed by atoms with Crippen LogP contribution in [0.1, 0.15) is 127 Å². The van der Waals surface area contributed by atoms with Gasteiger partial charge < -0.3 is 10.1 Å². The molecule has 4 fully saturated rings. The molecule has 316 valence electrons. The molecule has 8 rings (SSSR count). The molecule has 3 aliphatic heterocycles. The van der Waals surface area contributed by atoms with E-state index in [1.54, 1.807) is 24.3 Å². The number of fused-ring (bicyclic) bond motifs is 1. The van der Waals surface area contributed by atoms with E-state index in [2.05, 4.69) is 61.1 Å². The zero-order valence-electron chi connectivity index (χ0n) is 35.2. The number of nitriles is 1. The van der Waals surface area contributed by atoms with Crippen LogP contribution in [0.15, 0.2) is 60.7 Å². The number of imide groups is 2. The second kappa shape index (κ2) is 16.8. The summed E-state index contributed by atoms with van der Waals surface area (Å²) in [6, 6.07) is 19.6. The van der Waals surface area contributed by atoms with Gasteiger partial charge in [0, 0.05) is 65.5 Å². The number of aryl methyl sites for hydroxylation is 1. The second-order valence-electron chi connectivity index (χ2n) is 18.7. The molecule has 11 nitrogen and oxygen atoms in total. The molecule has 0 bridgehead atoms. The van der Waals surface area contributed by atoms with Crippen LogP contribution >= 0.6 is 11.6 Å². The number of carbonyl (C=O) groups excluding carboxylic acids is 5. The highest BCUT2D eigenvalue weighted by Gasteiger charge is 2.64. The predicted octanol–water partition coefficient (Wildman–Crippen LogP) is 7.09. The van der Waals surface area contributed by atoms with Gasteiger partial charge >= 0.3 is 0 Å². The lowest BCUT2D eigenvalue weighted by atomic mass is 9.49. The Morgan fingerprint density at radius 1 is 0.902 bits per heavy atom. The molecular weight excluding hydrogens is 790 g/mol. The Morgan fingerprint density at radius 2 is 1.64 bits per heavy atom. The number of nitrogens with one attached hydrogen (secondary N) is 2. The standard InChI is InChI=1S/C49H52ClN5O6/c1-48(2)46(49(3,4)47(48)61-36-20-18-34(26-51)39(50)25-36)53-42(57)33-16-12-30(13-17-33)9-11-32-27-54(28-32)35-7-5-6-29(14-19-35)8-10-31-15-21-37-38(24-31)45(60)55(44(37)59)40-22-23-41(56)52-43(40)58/h12-13,15-18,20-21,24-25,29,32,35,40,46-47H,5-8,10,14,19,22-23,27-28H2,1-4H3,(H,53,57)(H,52,56,58). The summed E-state index contributed by atoms with van der Waals surface area (Å²) < 4.78 is 6.37. The number of amides is 5. The molecule has 3 heterocycles. The summed E-state index contributed by atoms with van der Waals surface area (Å²) in [5, 5.41) is 15.1. The predicted molar refractivity (Wildman–Crippen MR) is 230 cm³/mol. The Kier molecular flexibility index (Phi) is 11.6. The molecule has 0 aromatic heterocycles. The number of likely N-dealkylation sites (tertiary alicyclic amines) is 1. The first kappa shape index (κ1) is 42.2. The molecular formula is C49H52ClN5O6. The highest BCUT2D eigenvalue weighted by Crippen LogP contribution is 2.55. The first-order valence-corrected chi connectivity index (χ1v) is 21.9. The van der Waals surface area contributed by atoms with E-state index in [1.165, 1.54) is 19.3 Å². The van der Waals surface area contributed by atoms with Crippen molar-refractivity contribution in [1.29, 1.82) is 5.26 Å². The molecule has 0 spiro atoms. The van der Waals surface area contributed by atoms with Gasteiger partial charge in [-0.3, -0.25) is 39.1 Å². The lowest BCUT2D eigenvalue weighted by molar-refractivity contribution is -0.164. The van der Waals surface area contributed by atoms with Gasteiger partial charge in [0.1, 0.15) is 24.0 Å². The number of hydrogen-bond acceptors (Lipinski definition) is 8. The van der Waals surface area contributed by atoms with Crippen LogP contribution in [-0.2, 0) is 16.0 Å². The number of ether oxygens (including phenoxy) is 1. The quantitative estimate of drug-likeness (QED) is 0.132. The molecule has 0 radical (unpaired) electrons. The van der Waals surface area contributed by atoms with Gasteiger partial charge in [0.25, 0.3) is 17.7 Å². The van der Waals surface area contributed by atoms with Crippen molar-refractivity contribution in [2.45, 2.75) is 110 Å². The van der Waals surface area contributed by atoms with Crippen molar-refractivity contribution in [3.63, 3.8) is 0 Å². The molecule has 2 saturated carbocycles. The number of piperidine rings is 1. The molecule has 12 heteroatoms. The van der Waals surface area contributed by atoms with Crippen molar-refractivity contribution in [2.75, 3.05) is 13.1 Å². The first-order valence-electron chi connectivity index (χ1n) is 21.5. The topological polar surface area (TPSA) is 149 Å². The van der Waals surface area contributed by atoms with Crippen molar-refractivity contribution in [1.82, 2.24) is 20.4 Å². The first-order chi connectivity index (χ1) is 29.1. The van der Waals surface area contributed by atoms with E-state index >= 15 is 0 Å². The molecule has 2 aliphatic carbocycles. The van der Waals surface area contributed by atoms with E-state index in [0.717, 1.165) is 54.8 Å². The van der Waals surface area contributed by atoms with Crippen LogP contribution in [0.25, 0.3) is 0 Å². The van der Waals surface area contributed by atoms with E-state index in [4.69, 9.17) is 16.3 Å². The lowest BCUT2D eigenvalue weighted by Crippen LogP contribution is -2.74. The van der Waals surface area contributed by atoms with E-state index in [9.17, 15) is 29.2 Å². The van der Waals surface area contributed by atoms with E-state index in [0.29, 0.717) is 50.9 Å². The van der Waals surface area contributed by atoms with Crippen LogP contribution in [0.2, 0.25) is 5.02 Å². The summed E-state index contributed by atoms with van der Waals surface area (Å²) in [4.78, 5) is 67.4. The van der Waals surface area contributed by atoms with Gasteiger partial charge in [-0.1, -0.05) is 70.0 Å². The zero-order valence-corrected chi connectivity index (χ0v) is 35.9. The summed E-state index contributed by atoms with van der Waals surface area (Å²) in [7, 11) is 0. The minimum atomic E-state index is -0.957. The summed E-state index contributed by atoms with van der Waals surface area (Å²) in [6.45, 7) is 10.3. The fraction of sp³-hybridized carbons (Fsp3) is 0.469. The molecule has 5 amide bonds. The lowest BCUT2D eigenvalue weighted by Gasteiger charge is -2.63. The largest absolute Gasteiger partial charge is 0.489 e. The van der Waals surface area contributed by atoms with Gasteiger partial charge in [0.15, 0.2) is 0 Å². The highest BCUT2D eigenvalue weighted by atomic mass is 35.5. The summed E-state index contributed by atoms with van der Waals surface area (Å²) >= 11 is 6.25. The fourth-order valence-electron chi connectivity index (χ4n) is 10.7. The van der Waals surface area contributed by atoms with Crippen molar-refractivity contribution in [2.24, 2.45) is 22.7 Å². The van der Waals surface area contributed by atoms with Gasteiger partial charge in [0.05, 0.1) is 21.7 Å². The minimum absolute atomic E-state index is 0.100. The average molecular weight is 842 g/mol. The van der Waals surface area contributed by atoms with Gasteiger partial charge in [0.2, 0.25) is 11.8 Å². The van der Waals surface area contributed by atoms with Gasteiger partial charge in [-0.2, -0.15) is 5.26 Å². The molecule has 3 unspecified atom stereocenters. The molecule has 2 N–H and O–H groups in total. The highest BCUT2D eigenvalue weighted by molar-refractivity contribution is 6.31. The van der Waals surface area contributed by atoms with E-state index in [-0.39, 0.29) is 47.6 Å². The Bertz CT molecular complexity index is 2370. The SMILES string of the molecule is CC1(C)C(NC(=O)c2ccc(C#CC3CN(C4CCCC(CCc5ccc6c(c5)C(=O)N(C5CCC(=O)NC5=O)C6=O)CC4)C3)cc2)C(C)(C)C1Oc1ccc(C#N)c(Cl)c1. The number of rotatable bonds is 9. The Hall–Kier alpha value is -5.49. The van der Waals surface area contributed by atoms with Crippen LogP contribution < -0.4 is 15.4 Å². The maximum atomic E-state index is 13.4. The van der Waals surface area contributed by atoms with Crippen LogP contribution in [0.5, 0.6) is 5.75 Å². The number of hydrogen-bond donors (Lipinski definition) is 2. The summed E-state index contributed by atoms with van der Waals surface area (Å²) in [5.41, 5.74) is 2.83. The maximum absolute atomic E-state index is 13.4. The number of halogens is 1. The second-order valence-corrected chi connectivity index (χ2v) is 19.1. The smallest absolute Gasteiger partial charge is 0.262 e. The molecule has 3 aromatic carbocycles. The average Bonchev–Trinajstić information content (AvgIpc) is 3.33. The monoisotopic (exact) mass is 841 g/mol. The van der Waals surface area contributed by atoms with Crippen molar-refractivity contribution in [3.8, 4) is 23.7 Å². The summed E-state index contributed by atoms with van der Waals surface area (Å²) in [6.07, 6.45) is 7.74. The normalized spacial score (nSPS) is 25.8. The summed E-state index contributed by atoms with van der Waals surface area (Å²) in [5.74, 6) is 6.25. The third-order valence-electron chi connectivity index (χ3n) is 13.8. The van der Waals surface area contributed by atoms with Gasteiger partial charge in [-0.25, -0.2) is 0 Å². The third-order valence-corrected chi connectivity index (χ3v) is 14.1. The number of nitrogens with zero attached hydrogens (tertiary/aromatic N) is 3. The minimum Gasteiger partial charge on any atom is -0.489 e. The van der Waals surface area contributed by atoms with E-state index in [1.807, 2.05) is 36.4 Å². The van der Waals surface area contributed by atoms with E-state index < -0.39 is 23.8 Å². The van der Waals surface area contributed by atoms with Gasteiger partial charge in [-0.05, 0) is 98.5 Å². The Balaban J connectivity index is 0.773. The van der Waals surface area contributed by atoms with Gasteiger partial charge in [-0.15, -0.1) is 0 Å². The molecule has 3 atom stereocenters. The van der Waals surface area contributed by atoms with Crippen LogP contribution in [0, 0.1) is 45.8 Å². The number of benzene rings is 3. The molecule has 61 heavy (non-hydrogen) atoms. The molecule has 2 saturated heterocycles. The Labute approximate surface area is 362 Å². The fourth-order valence-corrected chi connectivity index (χ4v) is 10.9. The van der Waals surface area contributed by atoms with Crippen LogP contribution in [-0.4, -0.2) is 76.7 Å². The van der Waals surface area contributed by atoms with Crippen LogP contribution in [0.3, 0.4) is 0 Å².